The van der Waals surface area contributed by atoms with E-state index >= 15 is 0 Å². The van der Waals surface area contributed by atoms with E-state index in [9.17, 15) is 14.0 Å². The van der Waals surface area contributed by atoms with Gasteiger partial charge in [0, 0.05) is 24.7 Å². The second-order valence-corrected chi connectivity index (χ2v) is 5.94. The van der Waals surface area contributed by atoms with Crippen LogP contribution in [0.1, 0.15) is 6.42 Å². The number of hydrogen-bond acceptors (Lipinski definition) is 4. The Hall–Kier alpha value is -3.09. The molecular formula is C19H19FN2O4. The van der Waals surface area contributed by atoms with Gasteiger partial charge in [-0.3, -0.25) is 9.59 Å². The summed E-state index contributed by atoms with van der Waals surface area (Å²) in [4.78, 5) is 26.4. The van der Waals surface area contributed by atoms with Crippen LogP contribution >= 0.6 is 0 Å². The van der Waals surface area contributed by atoms with Gasteiger partial charge in [-0.15, -0.1) is 0 Å². The number of methoxy groups -OCH3 is 2. The molecule has 1 fully saturated rings. The Balaban J connectivity index is 1.73. The van der Waals surface area contributed by atoms with Crippen LogP contribution in [0, 0.1) is 11.7 Å². The monoisotopic (exact) mass is 358 g/mol. The number of ether oxygens (including phenoxy) is 2. The lowest BCUT2D eigenvalue weighted by atomic mass is 10.1. The average molecular weight is 358 g/mol. The van der Waals surface area contributed by atoms with E-state index in [1.807, 2.05) is 0 Å². The Morgan fingerprint density at radius 3 is 2.54 bits per heavy atom. The van der Waals surface area contributed by atoms with Crippen molar-refractivity contribution in [3.8, 4) is 11.5 Å². The zero-order valence-corrected chi connectivity index (χ0v) is 14.5. The third kappa shape index (κ3) is 3.61. The Bertz CT molecular complexity index is 823. The quantitative estimate of drug-likeness (QED) is 0.892. The lowest BCUT2D eigenvalue weighted by molar-refractivity contribution is -0.122. The summed E-state index contributed by atoms with van der Waals surface area (Å²) in [7, 11) is 3.04. The predicted molar refractivity (Wildman–Crippen MR) is 95.0 cm³/mol. The normalized spacial score (nSPS) is 16.5. The van der Waals surface area contributed by atoms with E-state index in [1.165, 1.54) is 43.4 Å². The molecule has 6 nitrogen and oxygen atoms in total. The molecule has 1 saturated heterocycles. The van der Waals surface area contributed by atoms with Gasteiger partial charge in [0.15, 0.2) is 0 Å². The number of nitrogens with zero attached hydrogens (tertiary/aromatic N) is 1. The van der Waals surface area contributed by atoms with Crippen LogP contribution in [-0.2, 0) is 9.59 Å². The maximum Gasteiger partial charge on any atom is 0.229 e. The van der Waals surface area contributed by atoms with Crippen LogP contribution in [0.5, 0.6) is 11.5 Å². The summed E-state index contributed by atoms with van der Waals surface area (Å²) in [6, 6.07) is 10.7. The molecule has 0 radical (unpaired) electrons. The predicted octanol–water partition coefficient (Wildman–Crippen LogP) is 2.83. The molecule has 0 unspecified atom stereocenters. The first-order valence-corrected chi connectivity index (χ1v) is 8.10. The number of halogens is 1. The zero-order valence-electron chi connectivity index (χ0n) is 14.5. The lowest BCUT2D eigenvalue weighted by Crippen LogP contribution is -2.28. The maximum absolute atomic E-state index is 13.1. The second-order valence-electron chi connectivity index (χ2n) is 5.94. The molecule has 0 aromatic heterocycles. The summed E-state index contributed by atoms with van der Waals surface area (Å²) >= 11 is 0. The van der Waals surface area contributed by atoms with Crippen LogP contribution in [0.4, 0.5) is 15.8 Å². The summed E-state index contributed by atoms with van der Waals surface area (Å²) < 4.78 is 23.5. The van der Waals surface area contributed by atoms with Gasteiger partial charge in [0.1, 0.15) is 17.3 Å². The van der Waals surface area contributed by atoms with Crippen molar-refractivity contribution < 1.29 is 23.5 Å². The topological polar surface area (TPSA) is 67.9 Å². The van der Waals surface area contributed by atoms with Crippen molar-refractivity contribution in [3.05, 3.63) is 48.3 Å². The summed E-state index contributed by atoms with van der Waals surface area (Å²) in [6.07, 6.45) is 0.0928. The average Bonchev–Trinajstić information content (AvgIpc) is 3.04. The third-order valence-electron chi connectivity index (χ3n) is 4.30. The number of benzene rings is 2. The minimum absolute atomic E-state index is 0.0928. The highest BCUT2D eigenvalue weighted by molar-refractivity contribution is 6.04. The standard InChI is InChI=1S/C19H19FN2O4/c1-25-15-7-8-17(26-2)16(10-15)21-19(24)12-9-18(23)22(11-12)14-5-3-13(20)4-6-14/h3-8,10,12H,9,11H2,1-2H3,(H,21,24)/t12-/m1/s1. The third-order valence-corrected chi connectivity index (χ3v) is 4.30. The van der Waals surface area contributed by atoms with E-state index in [-0.39, 0.29) is 30.6 Å². The molecule has 1 aliphatic rings. The second kappa shape index (κ2) is 7.43. The smallest absolute Gasteiger partial charge is 0.229 e. The molecule has 1 N–H and O–H groups in total. The molecule has 2 aromatic carbocycles. The molecule has 0 bridgehead atoms. The van der Waals surface area contributed by atoms with Crippen LogP contribution in [-0.4, -0.2) is 32.6 Å². The number of nitrogens with one attached hydrogen (secondary N) is 1. The van der Waals surface area contributed by atoms with Crippen LogP contribution in [0.25, 0.3) is 0 Å². The van der Waals surface area contributed by atoms with Crippen molar-refractivity contribution in [3.63, 3.8) is 0 Å². The highest BCUT2D eigenvalue weighted by Crippen LogP contribution is 2.31. The van der Waals surface area contributed by atoms with Crippen LogP contribution in [0.3, 0.4) is 0 Å². The Kier molecular flexibility index (Phi) is 5.06. The summed E-state index contributed by atoms with van der Waals surface area (Å²) in [5, 5.41) is 2.80. The van der Waals surface area contributed by atoms with E-state index in [2.05, 4.69) is 5.32 Å². The summed E-state index contributed by atoms with van der Waals surface area (Å²) in [5.74, 6) is -0.262. The van der Waals surface area contributed by atoms with Gasteiger partial charge < -0.3 is 19.7 Å². The first-order chi connectivity index (χ1) is 12.5. The zero-order chi connectivity index (χ0) is 18.7. The molecule has 0 saturated carbocycles. The van der Waals surface area contributed by atoms with Gasteiger partial charge in [0.2, 0.25) is 11.8 Å². The number of carbonyl (C=O) groups is 2. The molecule has 1 aliphatic heterocycles. The van der Waals surface area contributed by atoms with Gasteiger partial charge in [-0.25, -0.2) is 4.39 Å². The first kappa shape index (κ1) is 17.7. The Labute approximate surface area is 150 Å². The van der Waals surface area contributed by atoms with E-state index in [1.54, 1.807) is 18.2 Å². The minimum Gasteiger partial charge on any atom is -0.497 e. The highest BCUT2D eigenvalue weighted by atomic mass is 19.1. The van der Waals surface area contributed by atoms with Crippen molar-refractivity contribution >= 4 is 23.2 Å². The van der Waals surface area contributed by atoms with Crippen molar-refractivity contribution in [2.45, 2.75) is 6.42 Å². The highest BCUT2D eigenvalue weighted by Gasteiger charge is 2.35. The number of amides is 2. The first-order valence-electron chi connectivity index (χ1n) is 8.10. The van der Waals surface area contributed by atoms with Crippen LogP contribution in [0.2, 0.25) is 0 Å². The summed E-state index contributed by atoms with van der Waals surface area (Å²) in [5.41, 5.74) is 1.05. The Morgan fingerprint density at radius 2 is 1.88 bits per heavy atom. The van der Waals surface area contributed by atoms with E-state index < -0.39 is 5.92 Å². The van der Waals surface area contributed by atoms with Crippen molar-refractivity contribution in [2.75, 3.05) is 31.0 Å². The molecular weight excluding hydrogens is 339 g/mol. The minimum atomic E-state index is -0.511. The number of carbonyl (C=O) groups excluding carboxylic acids is 2. The molecule has 2 amide bonds. The molecule has 7 heteroatoms. The largest absolute Gasteiger partial charge is 0.497 e. The van der Waals surface area contributed by atoms with Gasteiger partial charge in [-0.05, 0) is 36.4 Å². The fourth-order valence-electron chi connectivity index (χ4n) is 2.90. The van der Waals surface area contributed by atoms with E-state index in [4.69, 9.17) is 9.47 Å². The lowest BCUT2D eigenvalue weighted by Gasteiger charge is -2.17. The van der Waals surface area contributed by atoms with E-state index in [0.717, 1.165) is 0 Å². The van der Waals surface area contributed by atoms with Gasteiger partial charge in [0.25, 0.3) is 0 Å². The number of anilines is 2. The van der Waals surface area contributed by atoms with E-state index in [0.29, 0.717) is 22.9 Å². The van der Waals surface area contributed by atoms with Crippen LogP contribution < -0.4 is 19.7 Å². The maximum atomic E-state index is 13.1. The van der Waals surface area contributed by atoms with Gasteiger partial charge in [-0.1, -0.05) is 0 Å². The Morgan fingerprint density at radius 1 is 1.15 bits per heavy atom. The van der Waals surface area contributed by atoms with Crippen molar-refractivity contribution in [1.29, 1.82) is 0 Å². The van der Waals surface area contributed by atoms with Crippen molar-refractivity contribution in [2.24, 2.45) is 5.92 Å². The molecule has 3 rings (SSSR count). The summed E-state index contributed by atoms with van der Waals surface area (Å²) in [6.45, 7) is 0.239. The molecule has 136 valence electrons. The molecule has 1 atom stereocenters. The number of hydrogen-bond donors (Lipinski definition) is 1. The fourth-order valence-corrected chi connectivity index (χ4v) is 2.90. The molecule has 1 heterocycles. The molecule has 26 heavy (non-hydrogen) atoms. The van der Waals surface area contributed by atoms with Gasteiger partial charge in [0.05, 0.1) is 25.8 Å². The molecule has 0 spiro atoms. The van der Waals surface area contributed by atoms with Gasteiger partial charge in [-0.2, -0.15) is 0 Å². The molecule has 0 aliphatic carbocycles. The van der Waals surface area contributed by atoms with Crippen molar-refractivity contribution in [1.82, 2.24) is 0 Å². The number of rotatable bonds is 5. The van der Waals surface area contributed by atoms with Crippen LogP contribution in [0.15, 0.2) is 42.5 Å². The fraction of sp³-hybridized carbons (Fsp3) is 0.263. The van der Waals surface area contributed by atoms with Gasteiger partial charge >= 0.3 is 0 Å². The molecule has 2 aromatic rings. The SMILES string of the molecule is COc1ccc(OC)c(NC(=O)[C@@H]2CC(=O)N(c3ccc(F)cc3)C2)c1.